The molecule has 0 bridgehead atoms. The van der Waals surface area contributed by atoms with E-state index in [4.69, 9.17) is 0 Å². The van der Waals surface area contributed by atoms with Crippen LogP contribution in [0.4, 0.5) is 8.78 Å². The first-order chi connectivity index (χ1) is 7.00. The van der Waals surface area contributed by atoms with Crippen molar-refractivity contribution in [3.05, 3.63) is 35.4 Å². The van der Waals surface area contributed by atoms with Crippen LogP contribution in [-0.4, -0.2) is 12.1 Å². The third-order valence-corrected chi connectivity index (χ3v) is 3.22. The second kappa shape index (κ2) is 3.56. The molecule has 1 aromatic carbocycles. The van der Waals surface area contributed by atoms with Crippen LogP contribution in [0.3, 0.4) is 0 Å². The Kier molecular flexibility index (Phi) is 2.51. The van der Waals surface area contributed by atoms with Crippen molar-refractivity contribution in [2.45, 2.75) is 31.7 Å². The molecule has 1 nitrogen and oxygen atoms in total. The summed E-state index contributed by atoms with van der Waals surface area (Å²) in [5.74, 6) is -0.625. The second-order valence-corrected chi connectivity index (χ2v) is 4.66. The van der Waals surface area contributed by atoms with Crippen LogP contribution in [0.1, 0.15) is 31.7 Å². The smallest absolute Gasteiger partial charge is 0.126 e. The normalized spacial score (nSPS) is 24.4. The maximum atomic E-state index is 13.6. The molecular weight excluding hydrogens is 196 g/mol. The van der Waals surface area contributed by atoms with E-state index >= 15 is 0 Å². The minimum Gasteiger partial charge on any atom is -0.311 e. The maximum Gasteiger partial charge on any atom is 0.126 e. The Morgan fingerprint density at radius 3 is 2.67 bits per heavy atom. The Balaban J connectivity index is 2.40. The predicted octanol–water partition coefficient (Wildman–Crippen LogP) is 2.82. The molecular formula is C12H15F2N. The van der Waals surface area contributed by atoms with Gasteiger partial charge in [0.15, 0.2) is 0 Å². The topological polar surface area (TPSA) is 12.0 Å². The summed E-state index contributed by atoms with van der Waals surface area (Å²) in [5.41, 5.74) is 0.333. The molecule has 0 saturated carbocycles. The van der Waals surface area contributed by atoms with Crippen LogP contribution >= 0.6 is 0 Å². The highest BCUT2D eigenvalue weighted by molar-refractivity contribution is 5.27. The van der Waals surface area contributed by atoms with Gasteiger partial charge in [0.25, 0.3) is 0 Å². The van der Waals surface area contributed by atoms with Gasteiger partial charge in [-0.1, -0.05) is 0 Å². The molecule has 0 aliphatic carbocycles. The summed E-state index contributed by atoms with van der Waals surface area (Å²) >= 11 is 0. The Morgan fingerprint density at radius 1 is 1.33 bits per heavy atom. The van der Waals surface area contributed by atoms with Crippen LogP contribution < -0.4 is 5.32 Å². The van der Waals surface area contributed by atoms with Gasteiger partial charge in [0.1, 0.15) is 11.6 Å². The van der Waals surface area contributed by atoms with Gasteiger partial charge in [0.05, 0.1) is 0 Å². The number of nitrogens with one attached hydrogen (secondary N) is 1. The average molecular weight is 211 g/mol. The summed E-state index contributed by atoms with van der Waals surface area (Å²) in [6.07, 6.45) is 0.855. The zero-order valence-electron chi connectivity index (χ0n) is 8.98. The average Bonchev–Trinajstić information content (AvgIpc) is 2.50. The first kappa shape index (κ1) is 10.6. The highest BCUT2D eigenvalue weighted by Gasteiger charge is 2.36. The predicted molar refractivity (Wildman–Crippen MR) is 55.8 cm³/mol. The molecule has 0 radical (unpaired) electrons. The van der Waals surface area contributed by atoms with Crippen LogP contribution in [0.15, 0.2) is 18.2 Å². The quantitative estimate of drug-likeness (QED) is 0.753. The molecule has 1 heterocycles. The molecule has 1 unspecified atom stereocenters. The van der Waals surface area contributed by atoms with Crippen molar-refractivity contribution in [1.82, 2.24) is 5.32 Å². The molecule has 0 aromatic heterocycles. The summed E-state index contributed by atoms with van der Waals surface area (Å²) < 4.78 is 26.6. The zero-order chi connectivity index (χ0) is 11.1. The lowest BCUT2D eigenvalue weighted by Crippen LogP contribution is -2.37. The van der Waals surface area contributed by atoms with E-state index in [2.05, 4.69) is 5.32 Å². The molecule has 15 heavy (non-hydrogen) atoms. The fourth-order valence-electron chi connectivity index (χ4n) is 2.35. The SMILES string of the molecule is CC1(C)NCCC1c1cc(F)ccc1F. The van der Waals surface area contributed by atoms with Crippen molar-refractivity contribution in [3.63, 3.8) is 0 Å². The highest BCUT2D eigenvalue weighted by atomic mass is 19.1. The molecule has 82 valence electrons. The van der Waals surface area contributed by atoms with E-state index in [9.17, 15) is 8.78 Å². The van der Waals surface area contributed by atoms with Gasteiger partial charge in [-0.25, -0.2) is 8.78 Å². The van der Waals surface area contributed by atoms with Crippen molar-refractivity contribution in [3.8, 4) is 0 Å². The van der Waals surface area contributed by atoms with Crippen LogP contribution in [-0.2, 0) is 0 Å². The Bertz CT molecular complexity index is 374. The third kappa shape index (κ3) is 1.88. The fourth-order valence-corrected chi connectivity index (χ4v) is 2.35. The molecule has 1 N–H and O–H groups in total. The lowest BCUT2D eigenvalue weighted by Gasteiger charge is -2.27. The van der Waals surface area contributed by atoms with Crippen LogP contribution in [0.5, 0.6) is 0 Å². The second-order valence-electron chi connectivity index (χ2n) is 4.66. The molecule has 1 atom stereocenters. The van der Waals surface area contributed by atoms with Gasteiger partial charge in [-0.15, -0.1) is 0 Å². The van der Waals surface area contributed by atoms with E-state index in [-0.39, 0.29) is 23.1 Å². The van der Waals surface area contributed by atoms with E-state index < -0.39 is 0 Å². The summed E-state index contributed by atoms with van der Waals surface area (Å²) in [7, 11) is 0. The van der Waals surface area contributed by atoms with Gasteiger partial charge in [-0.3, -0.25) is 0 Å². The first-order valence-corrected chi connectivity index (χ1v) is 5.21. The lowest BCUT2D eigenvalue weighted by molar-refractivity contribution is 0.399. The number of halogens is 2. The molecule has 1 aromatic rings. The van der Waals surface area contributed by atoms with E-state index in [1.807, 2.05) is 13.8 Å². The number of rotatable bonds is 1. The van der Waals surface area contributed by atoms with Crippen LogP contribution in [0.2, 0.25) is 0 Å². The largest absolute Gasteiger partial charge is 0.311 e. The van der Waals surface area contributed by atoms with Crippen LogP contribution in [0, 0.1) is 11.6 Å². The van der Waals surface area contributed by atoms with E-state index in [0.717, 1.165) is 19.0 Å². The summed E-state index contributed by atoms with van der Waals surface area (Å²) in [6.45, 7) is 4.90. The van der Waals surface area contributed by atoms with Gasteiger partial charge in [0, 0.05) is 11.5 Å². The summed E-state index contributed by atoms with van der Waals surface area (Å²) in [5, 5.41) is 3.30. The monoisotopic (exact) mass is 211 g/mol. The van der Waals surface area contributed by atoms with Crippen molar-refractivity contribution < 1.29 is 8.78 Å². The Labute approximate surface area is 88.5 Å². The minimum atomic E-state index is -0.367. The molecule has 0 spiro atoms. The van der Waals surface area contributed by atoms with Gasteiger partial charge < -0.3 is 5.32 Å². The highest BCUT2D eigenvalue weighted by Crippen LogP contribution is 2.36. The number of benzene rings is 1. The van der Waals surface area contributed by atoms with Gasteiger partial charge in [-0.05, 0) is 50.6 Å². The molecule has 0 amide bonds. The number of hydrogen-bond donors (Lipinski definition) is 1. The zero-order valence-corrected chi connectivity index (χ0v) is 8.98. The fraction of sp³-hybridized carbons (Fsp3) is 0.500. The molecule has 1 fully saturated rings. The molecule has 3 heteroatoms. The van der Waals surface area contributed by atoms with Crippen LogP contribution in [0.25, 0.3) is 0 Å². The lowest BCUT2D eigenvalue weighted by atomic mass is 9.83. The Hall–Kier alpha value is -0.960. The van der Waals surface area contributed by atoms with E-state index in [1.165, 1.54) is 12.1 Å². The molecule has 2 rings (SSSR count). The molecule has 1 saturated heterocycles. The van der Waals surface area contributed by atoms with Crippen molar-refractivity contribution in [2.75, 3.05) is 6.54 Å². The summed E-state index contributed by atoms with van der Waals surface area (Å²) in [6, 6.07) is 3.68. The molecule has 1 aliphatic heterocycles. The Morgan fingerprint density at radius 2 is 2.07 bits per heavy atom. The minimum absolute atomic E-state index is 0.0493. The maximum absolute atomic E-state index is 13.6. The van der Waals surface area contributed by atoms with E-state index in [1.54, 1.807) is 0 Å². The van der Waals surface area contributed by atoms with E-state index in [0.29, 0.717) is 5.56 Å². The van der Waals surface area contributed by atoms with Crippen molar-refractivity contribution >= 4 is 0 Å². The van der Waals surface area contributed by atoms with Gasteiger partial charge in [0.2, 0.25) is 0 Å². The first-order valence-electron chi connectivity index (χ1n) is 5.21. The summed E-state index contributed by atoms with van der Waals surface area (Å²) in [4.78, 5) is 0. The molecule has 1 aliphatic rings. The van der Waals surface area contributed by atoms with Crippen molar-refractivity contribution in [2.24, 2.45) is 0 Å². The standard InChI is InChI=1S/C12H15F2N/c1-12(2)10(5-6-15-12)9-7-8(13)3-4-11(9)14/h3-4,7,10,15H,5-6H2,1-2H3. The van der Waals surface area contributed by atoms with Gasteiger partial charge in [-0.2, -0.15) is 0 Å². The van der Waals surface area contributed by atoms with Crippen molar-refractivity contribution in [1.29, 1.82) is 0 Å². The number of hydrogen-bond acceptors (Lipinski definition) is 1. The third-order valence-electron chi connectivity index (χ3n) is 3.22. The van der Waals surface area contributed by atoms with Gasteiger partial charge >= 0.3 is 0 Å².